The second kappa shape index (κ2) is 20.3. The zero-order chi connectivity index (χ0) is 52.7. The molecule has 2 saturated heterocycles. The lowest BCUT2D eigenvalue weighted by Crippen LogP contribution is -2.49. The van der Waals surface area contributed by atoms with Gasteiger partial charge in [-0.1, -0.05) is 47.5 Å². The number of nitrogens with zero attached hydrogens (tertiary/aromatic N) is 7. The molecule has 0 aliphatic carbocycles. The molecule has 2 fully saturated rings. The molecule has 0 unspecified atom stereocenters. The number of alkyl halides is 3. The van der Waals surface area contributed by atoms with Crippen LogP contribution < -0.4 is 14.7 Å². The van der Waals surface area contributed by atoms with Crippen LogP contribution >= 0.6 is 23.2 Å². The van der Waals surface area contributed by atoms with E-state index in [0.717, 1.165) is 40.1 Å². The Balaban J connectivity index is 1.18. The zero-order valence-electron chi connectivity index (χ0n) is 39.3. The molecule has 17 nitrogen and oxygen atoms in total. The Morgan fingerprint density at radius 1 is 0.704 bits per heavy atom. The Morgan fingerprint density at radius 3 is 1.77 bits per heavy atom. The number of pyridine rings is 1. The van der Waals surface area contributed by atoms with Crippen LogP contribution in [0, 0.1) is 18.6 Å². The Hall–Kier alpha value is -7.07. The van der Waals surface area contributed by atoms with E-state index < -0.39 is 114 Å². The molecule has 4 aromatic rings. The number of benzene rings is 3. The second-order valence-electron chi connectivity index (χ2n) is 18.1. The van der Waals surface area contributed by atoms with Gasteiger partial charge in [0.1, 0.15) is 47.3 Å². The summed E-state index contributed by atoms with van der Waals surface area (Å²) in [7, 11) is 2.55. The molecule has 2 atom stereocenters. The van der Waals surface area contributed by atoms with E-state index in [-0.39, 0.29) is 33.5 Å². The molecular formula is C47H46Cl2F5N7O10. The third kappa shape index (κ3) is 12.1. The van der Waals surface area contributed by atoms with Gasteiger partial charge in [0.15, 0.2) is 0 Å². The third-order valence-electron chi connectivity index (χ3n) is 10.9. The molecule has 0 saturated carbocycles. The second-order valence-corrected chi connectivity index (χ2v) is 18.9. The van der Waals surface area contributed by atoms with Gasteiger partial charge in [-0.25, -0.2) is 52.4 Å². The molecule has 1 aromatic heterocycles. The Labute approximate surface area is 413 Å². The molecule has 71 heavy (non-hydrogen) atoms. The van der Waals surface area contributed by atoms with Crippen LogP contribution in [-0.2, 0) is 43.0 Å². The Bertz CT molecular complexity index is 2810. The van der Waals surface area contributed by atoms with Crippen LogP contribution in [0.1, 0.15) is 57.0 Å². The van der Waals surface area contributed by atoms with Crippen molar-refractivity contribution in [1.29, 1.82) is 0 Å². The van der Waals surface area contributed by atoms with Gasteiger partial charge in [-0.05, 0) is 101 Å². The standard InChI is InChI=1S/C47H46Cl2F5N7O10/c1-25-16-28(47(52,53)54)18-37(55-25)60-35(38(62)56(7)29-12-14-33(50)31(48)19-29)22-58(40(60)64)43(67)71-46(5,6)21-26-10-9-11-27(17-26)24-69-44(68)61-36(23-59(41(61)65)42(66)70-45(2,3)4)39(63)57(8)30-13-15-34(51)32(49)20-30/h9-20,35-36H,21-24H2,1-8H3/t35-,36-/m0/s1. The average molecular weight is 1030 g/mol. The van der Waals surface area contributed by atoms with E-state index >= 15 is 0 Å². The number of carbonyl (C=O) groups excluding carboxylic acids is 7. The maximum absolute atomic E-state index is 14.1. The van der Waals surface area contributed by atoms with Crippen LogP contribution in [0.5, 0.6) is 0 Å². The number of anilines is 3. The van der Waals surface area contributed by atoms with Gasteiger partial charge in [0.05, 0.1) is 28.7 Å². The zero-order valence-corrected chi connectivity index (χ0v) is 40.8. The Kier molecular flexibility index (Phi) is 15.3. The summed E-state index contributed by atoms with van der Waals surface area (Å²) in [6.07, 6.45) is -8.65. The van der Waals surface area contributed by atoms with Crippen molar-refractivity contribution >= 4 is 82.6 Å². The van der Waals surface area contributed by atoms with Gasteiger partial charge >= 0.3 is 36.5 Å². The molecule has 6 rings (SSSR count). The number of amides is 9. The van der Waals surface area contributed by atoms with E-state index in [4.69, 9.17) is 37.4 Å². The van der Waals surface area contributed by atoms with E-state index in [2.05, 4.69) is 4.98 Å². The van der Waals surface area contributed by atoms with Crippen molar-refractivity contribution < 1.29 is 69.7 Å². The first-order chi connectivity index (χ1) is 33.0. The molecule has 3 aromatic carbocycles. The first kappa shape index (κ1) is 53.3. The first-order valence-electron chi connectivity index (χ1n) is 21.4. The van der Waals surface area contributed by atoms with Crippen LogP contribution in [-0.4, -0.2) is 112 Å². The minimum atomic E-state index is -4.88. The predicted molar refractivity (Wildman–Crippen MR) is 247 cm³/mol. The van der Waals surface area contributed by atoms with Gasteiger partial charge in [0.2, 0.25) is 0 Å². The maximum atomic E-state index is 14.1. The summed E-state index contributed by atoms with van der Waals surface area (Å²) < 4.78 is 86.4. The lowest BCUT2D eigenvalue weighted by atomic mass is 9.97. The maximum Gasteiger partial charge on any atom is 0.419 e. The highest BCUT2D eigenvalue weighted by Gasteiger charge is 2.51. The number of carbonyl (C=O) groups is 7. The average Bonchev–Trinajstić information content (AvgIpc) is 3.81. The number of rotatable bonds is 10. The smallest absolute Gasteiger partial charge is 0.419 e. The van der Waals surface area contributed by atoms with E-state index in [9.17, 15) is 55.5 Å². The van der Waals surface area contributed by atoms with Gasteiger partial charge in [-0.15, -0.1) is 0 Å². The fraction of sp³-hybridized carbons (Fsp3) is 0.362. The summed E-state index contributed by atoms with van der Waals surface area (Å²) in [6.45, 7) is 7.07. The van der Waals surface area contributed by atoms with Gasteiger partial charge in [-0.2, -0.15) is 13.2 Å². The normalized spacial score (nSPS) is 16.3. The number of aryl methyl sites for hydroxylation is 1. The minimum Gasteiger partial charge on any atom is -0.444 e. The molecule has 0 bridgehead atoms. The molecule has 24 heteroatoms. The highest BCUT2D eigenvalue weighted by atomic mass is 35.5. The third-order valence-corrected chi connectivity index (χ3v) is 11.5. The van der Waals surface area contributed by atoms with Gasteiger partial charge in [0.25, 0.3) is 11.8 Å². The van der Waals surface area contributed by atoms with Crippen molar-refractivity contribution in [2.75, 3.05) is 41.9 Å². The number of imide groups is 3. The number of halogens is 7. The minimum absolute atomic E-state index is 0.0527. The lowest BCUT2D eigenvalue weighted by Gasteiger charge is -2.28. The van der Waals surface area contributed by atoms with Gasteiger partial charge < -0.3 is 24.0 Å². The van der Waals surface area contributed by atoms with Crippen molar-refractivity contribution in [3.05, 3.63) is 117 Å². The van der Waals surface area contributed by atoms with Crippen molar-refractivity contribution in [3.8, 4) is 0 Å². The number of hydrogen-bond donors (Lipinski definition) is 0. The molecule has 3 heterocycles. The number of likely N-dealkylation sites (N-methyl/N-ethyl adjacent to an activating group) is 2. The quantitative estimate of drug-likeness (QED) is 0.109. The summed E-state index contributed by atoms with van der Waals surface area (Å²) in [5.41, 5.74) is -2.83. The summed E-state index contributed by atoms with van der Waals surface area (Å²) >= 11 is 11.9. The van der Waals surface area contributed by atoms with Gasteiger partial charge in [-0.3, -0.25) is 14.5 Å². The Morgan fingerprint density at radius 2 is 1.23 bits per heavy atom. The van der Waals surface area contributed by atoms with Crippen LogP contribution in [0.25, 0.3) is 0 Å². The van der Waals surface area contributed by atoms with Crippen molar-refractivity contribution in [1.82, 2.24) is 19.7 Å². The summed E-state index contributed by atoms with van der Waals surface area (Å²) in [6, 6.07) is 8.64. The first-order valence-corrected chi connectivity index (χ1v) is 22.1. The van der Waals surface area contributed by atoms with E-state index in [0.29, 0.717) is 36.8 Å². The topological polar surface area (TPSA) is 180 Å². The summed E-state index contributed by atoms with van der Waals surface area (Å²) in [5.74, 6) is -3.90. The van der Waals surface area contributed by atoms with Crippen LogP contribution in [0.2, 0.25) is 10.0 Å². The number of urea groups is 2. The molecule has 378 valence electrons. The summed E-state index contributed by atoms with van der Waals surface area (Å²) in [5, 5.41) is -0.648. The van der Waals surface area contributed by atoms with Crippen molar-refractivity contribution in [2.45, 2.75) is 84.0 Å². The van der Waals surface area contributed by atoms with Gasteiger partial charge in [0, 0.05) is 37.6 Å². The molecule has 0 spiro atoms. The van der Waals surface area contributed by atoms with Crippen LogP contribution in [0.4, 0.5) is 63.1 Å². The van der Waals surface area contributed by atoms with Crippen molar-refractivity contribution in [3.63, 3.8) is 0 Å². The highest BCUT2D eigenvalue weighted by Crippen LogP contribution is 2.35. The number of ether oxygens (including phenoxy) is 3. The van der Waals surface area contributed by atoms with E-state index in [1.807, 2.05) is 0 Å². The predicted octanol–water partition coefficient (Wildman–Crippen LogP) is 9.77. The van der Waals surface area contributed by atoms with E-state index in [1.165, 1.54) is 47.0 Å². The van der Waals surface area contributed by atoms with Crippen LogP contribution in [0.3, 0.4) is 0 Å². The van der Waals surface area contributed by atoms with Crippen LogP contribution in [0.15, 0.2) is 72.8 Å². The lowest BCUT2D eigenvalue weighted by molar-refractivity contribution is -0.137. The number of hydrogen-bond acceptors (Lipinski definition) is 11. The molecule has 2 aliphatic rings. The molecule has 2 aliphatic heterocycles. The monoisotopic (exact) mass is 1030 g/mol. The largest absolute Gasteiger partial charge is 0.444 e. The molecular weight excluding hydrogens is 988 g/mol. The number of aromatic nitrogens is 1. The van der Waals surface area contributed by atoms with E-state index in [1.54, 1.807) is 45.0 Å². The molecule has 9 amide bonds. The summed E-state index contributed by atoms with van der Waals surface area (Å²) in [4.78, 5) is 105. The van der Waals surface area contributed by atoms with Crippen molar-refractivity contribution in [2.24, 2.45) is 0 Å². The fourth-order valence-electron chi connectivity index (χ4n) is 7.54. The highest BCUT2D eigenvalue weighted by molar-refractivity contribution is 6.31. The SMILES string of the molecule is Cc1cc(C(F)(F)F)cc(N2C(=O)N(C(=O)OC(C)(C)Cc3cccc(COC(=O)N4C(=O)N(C(=O)OC(C)(C)C)C[C@H]4C(=O)N(C)c4ccc(F)c(Cl)c4)c3)C[C@H]2C(=O)N(C)c2ccc(F)c(Cl)c2)n1. The fourth-order valence-corrected chi connectivity index (χ4v) is 7.89. The molecule has 0 N–H and O–H groups in total. The molecule has 0 radical (unpaired) electrons.